The summed E-state index contributed by atoms with van der Waals surface area (Å²) in [5, 5.41) is 3.92. The monoisotopic (exact) mass is 353 g/mol. The summed E-state index contributed by atoms with van der Waals surface area (Å²) < 4.78 is 5.11. The fourth-order valence-corrected chi connectivity index (χ4v) is 3.25. The number of anilines is 1. The molecule has 0 unspecified atom stereocenters. The molecule has 0 radical (unpaired) electrons. The summed E-state index contributed by atoms with van der Waals surface area (Å²) in [4.78, 5) is 17.7. The smallest absolute Gasteiger partial charge is 0.411 e. The number of aromatic amines is 1. The Morgan fingerprint density at radius 3 is 3.00 bits per heavy atom. The van der Waals surface area contributed by atoms with Gasteiger partial charge in [-0.15, -0.1) is 6.58 Å². The van der Waals surface area contributed by atoms with E-state index in [0.29, 0.717) is 19.1 Å². The highest BCUT2D eigenvalue weighted by Gasteiger charge is 2.17. The Kier molecular flexibility index (Phi) is 5.78. The second-order valence-corrected chi connectivity index (χ2v) is 6.87. The van der Waals surface area contributed by atoms with Gasteiger partial charge in [0.2, 0.25) is 0 Å². The Hall–Kier alpha value is -2.53. The van der Waals surface area contributed by atoms with Gasteiger partial charge in [0.25, 0.3) is 0 Å². The molecular weight excluding hydrogens is 326 g/mol. The molecule has 0 bridgehead atoms. The molecular formula is C21H27N3O2. The van der Waals surface area contributed by atoms with E-state index in [0.717, 1.165) is 36.1 Å². The van der Waals surface area contributed by atoms with Crippen LogP contribution in [0.2, 0.25) is 0 Å². The van der Waals surface area contributed by atoms with E-state index in [9.17, 15) is 4.79 Å². The van der Waals surface area contributed by atoms with Gasteiger partial charge in [0.15, 0.2) is 0 Å². The molecule has 2 N–H and O–H groups in total. The molecule has 0 atom stereocenters. The molecule has 0 saturated carbocycles. The summed E-state index contributed by atoms with van der Waals surface area (Å²) in [5.74, 6) is 0. The van der Waals surface area contributed by atoms with Crippen molar-refractivity contribution in [3.63, 3.8) is 0 Å². The number of nitrogens with zero attached hydrogens (tertiary/aromatic N) is 1. The number of aromatic nitrogens is 1. The fraction of sp³-hybridized carbons (Fsp3) is 0.381. The molecule has 1 aliphatic heterocycles. The second kappa shape index (κ2) is 8.23. The van der Waals surface area contributed by atoms with Gasteiger partial charge in [-0.1, -0.05) is 12.2 Å². The summed E-state index contributed by atoms with van der Waals surface area (Å²) in [5.41, 5.74) is 4.38. The number of carbonyl (C=O) groups excluding carboxylic acids is 1. The highest BCUT2D eigenvalue weighted by atomic mass is 16.5. The minimum absolute atomic E-state index is 0.340. The molecule has 1 aromatic carbocycles. The van der Waals surface area contributed by atoms with Crippen molar-refractivity contribution in [2.24, 2.45) is 0 Å². The first-order chi connectivity index (χ1) is 12.6. The quantitative estimate of drug-likeness (QED) is 0.580. The predicted octanol–water partition coefficient (Wildman–Crippen LogP) is 4.79. The van der Waals surface area contributed by atoms with Crippen LogP contribution >= 0.6 is 0 Å². The summed E-state index contributed by atoms with van der Waals surface area (Å²) in [7, 11) is 0. The second-order valence-electron chi connectivity index (χ2n) is 6.87. The summed E-state index contributed by atoms with van der Waals surface area (Å²) in [6, 6.07) is 6.44. The number of fused-ring (bicyclic) bond motifs is 1. The highest BCUT2D eigenvalue weighted by Crippen LogP contribution is 2.31. The molecule has 1 amide bonds. The van der Waals surface area contributed by atoms with Crippen molar-refractivity contribution >= 4 is 28.3 Å². The zero-order chi connectivity index (χ0) is 18.5. The Labute approximate surface area is 154 Å². The zero-order valence-corrected chi connectivity index (χ0v) is 15.5. The third-order valence-electron chi connectivity index (χ3n) is 4.80. The maximum atomic E-state index is 11.9. The molecule has 1 aromatic heterocycles. The number of hydrogen-bond acceptors (Lipinski definition) is 3. The lowest BCUT2D eigenvalue weighted by Crippen LogP contribution is -2.34. The van der Waals surface area contributed by atoms with E-state index in [4.69, 9.17) is 4.74 Å². The lowest BCUT2D eigenvalue weighted by Gasteiger charge is -2.29. The molecule has 3 rings (SSSR count). The molecule has 5 heteroatoms. The van der Waals surface area contributed by atoms with Gasteiger partial charge >= 0.3 is 6.09 Å². The average molecular weight is 353 g/mol. The number of ether oxygens (including phenoxy) is 1. The number of rotatable bonds is 6. The van der Waals surface area contributed by atoms with Gasteiger partial charge in [-0.05, 0) is 50.5 Å². The van der Waals surface area contributed by atoms with Crippen LogP contribution in [0, 0.1) is 0 Å². The summed E-state index contributed by atoms with van der Waals surface area (Å²) >= 11 is 0. The van der Waals surface area contributed by atoms with E-state index in [2.05, 4.69) is 47.9 Å². The topological polar surface area (TPSA) is 57.4 Å². The largest absolute Gasteiger partial charge is 0.449 e. The van der Waals surface area contributed by atoms with Gasteiger partial charge in [0, 0.05) is 47.5 Å². The lowest BCUT2D eigenvalue weighted by molar-refractivity contribution is 0.164. The van der Waals surface area contributed by atoms with Gasteiger partial charge in [-0.3, -0.25) is 10.2 Å². The van der Waals surface area contributed by atoms with Gasteiger partial charge < -0.3 is 9.72 Å². The van der Waals surface area contributed by atoms with Crippen LogP contribution in [0.3, 0.4) is 0 Å². The van der Waals surface area contributed by atoms with Crippen LogP contribution in [0.4, 0.5) is 10.5 Å². The maximum Gasteiger partial charge on any atom is 0.411 e. The molecule has 138 valence electrons. The molecule has 0 fully saturated rings. The van der Waals surface area contributed by atoms with Gasteiger partial charge in [0.05, 0.1) is 6.61 Å². The van der Waals surface area contributed by atoms with Crippen LogP contribution in [-0.2, 0) is 4.74 Å². The van der Waals surface area contributed by atoms with Crippen LogP contribution in [0.5, 0.6) is 0 Å². The number of nitrogens with one attached hydrogen (secondary N) is 2. The van der Waals surface area contributed by atoms with Gasteiger partial charge in [-0.25, -0.2) is 4.79 Å². The lowest BCUT2D eigenvalue weighted by atomic mass is 9.98. The van der Waals surface area contributed by atoms with Crippen LogP contribution < -0.4 is 5.32 Å². The first-order valence-electron chi connectivity index (χ1n) is 9.17. The Morgan fingerprint density at radius 2 is 2.31 bits per heavy atom. The van der Waals surface area contributed by atoms with E-state index in [-0.39, 0.29) is 0 Å². The van der Waals surface area contributed by atoms with E-state index >= 15 is 0 Å². The molecule has 5 nitrogen and oxygen atoms in total. The standard InChI is InChI=1S/C21H27N3O2/c1-4-5-12-26-21(25)23-17-6-7-20-18(13-17)19(14-22-20)16-8-10-24(11-9-16)15(2)3/h4,6-8,13-15,22H,1,5,9-12H2,2-3H3,(H,23,25). The Morgan fingerprint density at radius 1 is 1.46 bits per heavy atom. The molecule has 1 aliphatic rings. The van der Waals surface area contributed by atoms with Crippen molar-refractivity contribution in [3.8, 4) is 0 Å². The molecule has 2 heterocycles. The van der Waals surface area contributed by atoms with E-state index < -0.39 is 6.09 Å². The van der Waals surface area contributed by atoms with Crippen molar-refractivity contribution in [2.45, 2.75) is 32.7 Å². The number of hydrogen-bond donors (Lipinski definition) is 2. The van der Waals surface area contributed by atoms with E-state index in [1.165, 1.54) is 11.1 Å². The Bertz CT molecular complexity index is 820. The number of H-pyrrole nitrogens is 1. The SMILES string of the molecule is C=CCCOC(=O)Nc1ccc2[nH]cc(C3=CCN(C(C)C)CC3)c2c1. The van der Waals surface area contributed by atoms with E-state index in [1.54, 1.807) is 6.08 Å². The first kappa shape index (κ1) is 18.3. The van der Waals surface area contributed by atoms with Gasteiger partial charge in [-0.2, -0.15) is 0 Å². The molecule has 0 aliphatic carbocycles. The van der Waals surface area contributed by atoms with Crippen molar-refractivity contribution in [1.29, 1.82) is 0 Å². The average Bonchev–Trinajstić information content (AvgIpc) is 3.05. The van der Waals surface area contributed by atoms with Crippen molar-refractivity contribution in [1.82, 2.24) is 9.88 Å². The minimum atomic E-state index is -0.437. The van der Waals surface area contributed by atoms with Crippen molar-refractivity contribution < 1.29 is 9.53 Å². The van der Waals surface area contributed by atoms with Crippen LogP contribution in [0.25, 0.3) is 16.5 Å². The molecule has 2 aromatic rings. The van der Waals surface area contributed by atoms with Gasteiger partial charge in [0.1, 0.15) is 0 Å². The first-order valence-corrected chi connectivity index (χ1v) is 9.17. The van der Waals surface area contributed by atoms with Crippen molar-refractivity contribution in [3.05, 3.63) is 48.7 Å². The fourth-order valence-electron chi connectivity index (χ4n) is 3.25. The maximum absolute atomic E-state index is 11.9. The van der Waals surface area contributed by atoms with Crippen LogP contribution in [0.15, 0.2) is 43.1 Å². The molecule has 0 spiro atoms. The predicted molar refractivity (Wildman–Crippen MR) is 107 cm³/mol. The molecule has 0 saturated heterocycles. The highest BCUT2D eigenvalue weighted by molar-refractivity contribution is 5.96. The normalized spacial score (nSPS) is 15.1. The Balaban J connectivity index is 1.76. The van der Waals surface area contributed by atoms with Crippen molar-refractivity contribution in [2.75, 3.05) is 25.0 Å². The van der Waals surface area contributed by atoms with E-state index in [1.807, 2.05) is 18.2 Å². The molecule has 26 heavy (non-hydrogen) atoms. The summed E-state index contributed by atoms with van der Waals surface area (Å²) in [6.45, 7) is 10.5. The zero-order valence-electron chi connectivity index (χ0n) is 15.5. The van der Waals surface area contributed by atoms with Crippen LogP contribution in [-0.4, -0.2) is 41.7 Å². The number of carbonyl (C=O) groups is 1. The number of amides is 1. The number of benzene rings is 1. The third-order valence-corrected chi connectivity index (χ3v) is 4.80. The van der Waals surface area contributed by atoms with Crippen LogP contribution in [0.1, 0.15) is 32.3 Å². The summed E-state index contributed by atoms with van der Waals surface area (Å²) in [6.07, 6.45) is 7.35. The minimum Gasteiger partial charge on any atom is -0.449 e. The third kappa shape index (κ3) is 4.17.